The van der Waals surface area contributed by atoms with Crippen LogP contribution in [0.5, 0.6) is 5.75 Å². The molecule has 1 aromatic carbocycles. The number of nitro groups is 2. The standard InChI is InChI=1S/C16H7F17N2O5/c17-9(18,3-4-40-8-2-1-6(34(36)37)5-7(8)35(38)39)10(19,20)11(21,22)12(23,24)13(25,26)14(27,28)15(29,30)16(31,32)33/h1-2,5H,3-4H2. The minimum atomic E-state index is -8.77. The quantitative estimate of drug-likeness (QED) is 0.138. The van der Waals surface area contributed by atoms with Gasteiger partial charge in [-0.2, -0.15) is 74.6 Å². The largest absolute Gasteiger partial charge is 0.487 e. The molecule has 1 aromatic rings. The van der Waals surface area contributed by atoms with Crippen LogP contribution in [0, 0.1) is 20.2 Å². The summed E-state index contributed by atoms with van der Waals surface area (Å²) in [7, 11) is 0. The zero-order valence-corrected chi connectivity index (χ0v) is 18.0. The van der Waals surface area contributed by atoms with E-state index in [1.54, 1.807) is 0 Å². The number of halogens is 17. The molecular formula is C16H7F17N2O5. The molecule has 0 heterocycles. The van der Waals surface area contributed by atoms with Crippen LogP contribution in [0.1, 0.15) is 6.42 Å². The summed E-state index contributed by atoms with van der Waals surface area (Å²) in [5, 5.41) is 21.4. The highest BCUT2D eigenvalue weighted by Gasteiger charge is 2.95. The molecule has 1 rings (SSSR count). The van der Waals surface area contributed by atoms with Crippen molar-refractivity contribution < 1.29 is 89.2 Å². The molecule has 0 saturated carbocycles. The number of nitrogens with zero attached hydrogens (tertiary/aromatic N) is 2. The number of nitro benzene ring substituents is 2. The first kappa shape index (κ1) is 34.7. The number of hydrogen-bond acceptors (Lipinski definition) is 5. The van der Waals surface area contributed by atoms with Crippen molar-refractivity contribution >= 4 is 11.4 Å². The lowest BCUT2D eigenvalue weighted by Crippen LogP contribution is -2.74. The van der Waals surface area contributed by atoms with Crippen LogP contribution >= 0.6 is 0 Å². The molecule has 0 saturated heterocycles. The van der Waals surface area contributed by atoms with Crippen LogP contribution in [0.3, 0.4) is 0 Å². The maximum Gasteiger partial charge on any atom is 0.460 e. The van der Waals surface area contributed by atoms with E-state index in [0.29, 0.717) is 6.07 Å². The fourth-order valence-corrected chi connectivity index (χ4v) is 2.53. The Bertz CT molecular complexity index is 1140. The Morgan fingerprint density at radius 2 is 1.00 bits per heavy atom. The molecule has 0 aromatic heterocycles. The maximum atomic E-state index is 13.8. The van der Waals surface area contributed by atoms with Gasteiger partial charge in [0.1, 0.15) is 0 Å². The zero-order valence-electron chi connectivity index (χ0n) is 18.0. The predicted molar refractivity (Wildman–Crippen MR) is 90.5 cm³/mol. The lowest BCUT2D eigenvalue weighted by Gasteiger charge is -2.42. The van der Waals surface area contributed by atoms with Crippen LogP contribution in [-0.2, 0) is 0 Å². The molecule has 0 atom stereocenters. The molecule has 7 nitrogen and oxygen atoms in total. The van der Waals surface area contributed by atoms with Gasteiger partial charge in [-0.3, -0.25) is 20.2 Å². The average molecular weight is 630 g/mol. The molecule has 230 valence electrons. The van der Waals surface area contributed by atoms with E-state index in [1.165, 1.54) is 0 Å². The SMILES string of the molecule is O=[N+]([O-])c1ccc(OCCC(F)(F)C(F)(F)C(F)(F)C(F)(F)C(F)(F)C(F)(F)C(F)(F)C(F)(F)F)c([N+](=O)[O-])c1. The first-order chi connectivity index (χ1) is 17.5. The normalized spacial score (nSPS) is 14.7. The summed E-state index contributed by atoms with van der Waals surface area (Å²) in [6.07, 6.45) is -10.9. The van der Waals surface area contributed by atoms with Crippen molar-refractivity contribution in [1.82, 2.24) is 0 Å². The van der Waals surface area contributed by atoms with Crippen LogP contribution in [0.4, 0.5) is 86.0 Å². The van der Waals surface area contributed by atoms with Gasteiger partial charge in [0.05, 0.1) is 28.9 Å². The summed E-state index contributed by atoms with van der Waals surface area (Å²) >= 11 is 0. The van der Waals surface area contributed by atoms with E-state index in [4.69, 9.17) is 0 Å². The molecule has 0 aliphatic carbocycles. The molecule has 0 fully saturated rings. The average Bonchev–Trinajstić information content (AvgIpc) is 2.77. The zero-order chi connectivity index (χ0) is 32.1. The van der Waals surface area contributed by atoms with Crippen molar-refractivity contribution in [2.75, 3.05) is 6.61 Å². The molecular weight excluding hydrogens is 623 g/mol. The Hall–Kier alpha value is -3.37. The van der Waals surface area contributed by atoms with E-state index in [9.17, 15) is 94.9 Å². The molecule has 0 aliphatic rings. The summed E-state index contributed by atoms with van der Waals surface area (Å²) in [4.78, 5) is 18.7. The maximum absolute atomic E-state index is 13.8. The minimum Gasteiger partial charge on any atom is -0.487 e. The summed E-state index contributed by atoms with van der Waals surface area (Å²) in [6.45, 7) is -2.15. The molecule has 0 unspecified atom stereocenters. The predicted octanol–water partition coefficient (Wildman–Crippen LogP) is 7.28. The van der Waals surface area contributed by atoms with E-state index >= 15 is 0 Å². The number of alkyl halides is 17. The van der Waals surface area contributed by atoms with E-state index < -0.39 is 87.6 Å². The molecule has 40 heavy (non-hydrogen) atoms. The summed E-state index contributed by atoms with van der Waals surface area (Å²) in [6, 6.07) is 0.775. The first-order valence-electron chi connectivity index (χ1n) is 9.22. The monoisotopic (exact) mass is 630 g/mol. The van der Waals surface area contributed by atoms with Crippen LogP contribution in [-0.4, -0.2) is 64.1 Å². The highest BCUT2D eigenvalue weighted by Crippen LogP contribution is 2.64. The number of rotatable bonds is 12. The van der Waals surface area contributed by atoms with Gasteiger partial charge in [0.15, 0.2) is 5.75 Å². The molecule has 0 spiro atoms. The number of non-ortho nitro benzene ring substituents is 1. The smallest absolute Gasteiger partial charge is 0.460 e. The number of ether oxygens (including phenoxy) is 1. The highest BCUT2D eigenvalue weighted by atomic mass is 19.4. The lowest BCUT2D eigenvalue weighted by atomic mass is 9.88. The van der Waals surface area contributed by atoms with Crippen molar-refractivity contribution in [3.05, 3.63) is 38.4 Å². The molecule has 0 aliphatic heterocycles. The van der Waals surface area contributed by atoms with Gasteiger partial charge >= 0.3 is 53.3 Å². The van der Waals surface area contributed by atoms with Gasteiger partial charge in [-0.15, -0.1) is 0 Å². The Balaban J connectivity index is 3.39. The third-order valence-electron chi connectivity index (χ3n) is 4.81. The van der Waals surface area contributed by atoms with Gasteiger partial charge < -0.3 is 4.74 Å². The fourth-order valence-electron chi connectivity index (χ4n) is 2.53. The van der Waals surface area contributed by atoms with Gasteiger partial charge in [0, 0.05) is 6.07 Å². The lowest BCUT2D eigenvalue weighted by molar-refractivity contribution is -0.461. The van der Waals surface area contributed by atoms with Gasteiger partial charge in [-0.05, 0) is 6.07 Å². The third-order valence-corrected chi connectivity index (χ3v) is 4.81. The second-order valence-corrected chi connectivity index (χ2v) is 7.41. The number of hydrogen-bond donors (Lipinski definition) is 0. The van der Waals surface area contributed by atoms with E-state index in [2.05, 4.69) is 4.74 Å². The number of benzene rings is 1. The van der Waals surface area contributed by atoms with Crippen LogP contribution in [0.15, 0.2) is 18.2 Å². The Kier molecular flexibility index (Phi) is 8.60. The van der Waals surface area contributed by atoms with E-state index in [-0.39, 0.29) is 12.1 Å². The first-order valence-corrected chi connectivity index (χ1v) is 9.22. The summed E-state index contributed by atoms with van der Waals surface area (Å²) in [5.41, 5.74) is -2.47. The molecule has 0 radical (unpaired) electrons. The van der Waals surface area contributed by atoms with E-state index in [0.717, 1.165) is 0 Å². The minimum absolute atomic E-state index is 0.107. The van der Waals surface area contributed by atoms with Gasteiger partial charge in [-0.25, -0.2) is 0 Å². The van der Waals surface area contributed by atoms with E-state index in [1.807, 2.05) is 0 Å². The van der Waals surface area contributed by atoms with Crippen LogP contribution < -0.4 is 4.74 Å². The Morgan fingerprint density at radius 1 is 0.600 bits per heavy atom. The Morgan fingerprint density at radius 3 is 1.38 bits per heavy atom. The van der Waals surface area contributed by atoms with Gasteiger partial charge in [0.25, 0.3) is 5.69 Å². The summed E-state index contributed by atoms with van der Waals surface area (Å²) < 4.78 is 229. The molecule has 0 amide bonds. The van der Waals surface area contributed by atoms with Crippen LogP contribution in [0.25, 0.3) is 0 Å². The molecule has 24 heteroatoms. The van der Waals surface area contributed by atoms with Crippen molar-refractivity contribution in [1.29, 1.82) is 0 Å². The van der Waals surface area contributed by atoms with Crippen molar-refractivity contribution in [2.24, 2.45) is 0 Å². The molecule has 0 N–H and O–H groups in total. The summed E-state index contributed by atoms with van der Waals surface area (Å²) in [5.74, 6) is -58.8. The molecule has 0 bridgehead atoms. The second-order valence-electron chi connectivity index (χ2n) is 7.41. The van der Waals surface area contributed by atoms with Crippen molar-refractivity contribution in [2.45, 2.75) is 54.1 Å². The topological polar surface area (TPSA) is 95.5 Å². The van der Waals surface area contributed by atoms with Crippen LogP contribution in [0.2, 0.25) is 0 Å². The highest BCUT2D eigenvalue weighted by molar-refractivity contribution is 5.53. The van der Waals surface area contributed by atoms with Crippen molar-refractivity contribution in [3.8, 4) is 5.75 Å². The van der Waals surface area contributed by atoms with Crippen molar-refractivity contribution in [3.63, 3.8) is 0 Å². The van der Waals surface area contributed by atoms with Gasteiger partial charge in [0.2, 0.25) is 0 Å². The fraction of sp³-hybridized carbons (Fsp3) is 0.625. The Labute approximate surface area is 206 Å². The third kappa shape index (κ3) is 5.10. The van der Waals surface area contributed by atoms with Gasteiger partial charge in [-0.1, -0.05) is 0 Å². The second kappa shape index (κ2) is 9.92.